The summed E-state index contributed by atoms with van der Waals surface area (Å²) in [5, 5.41) is 1.17. The van der Waals surface area contributed by atoms with Gasteiger partial charge in [-0.05, 0) is 23.8 Å². The van der Waals surface area contributed by atoms with Crippen molar-refractivity contribution in [1.29, 1.82) is 0 Å². The molecule has 4 N–H and O–H groups in total. The maximum absolute atomic E-state index is 5.77. The number of rotatable bonds is 2. The molecule has 66 valence electrons. The first-order valence-electron chi connectivity index (χ1n) is 3.55. The van der Waals surface area contributed by atoms with Gasteiger partial charge in [0.2, 0.25) is 0 Å². The van der Waals surface area contributed by atoms with Crippen LogP contribution in [0.2, 0.25) is 10.0 Å². The lowest BCUT2D eigenvalue weighted by Gasteiger charge is -2.09. The lowest BCUT2D eigenvalue weighted by molar-refractivity contribution is 0.737. The van der Waals surface area contributed by atoms with Gasteiger partial charge in [0.1, 0.15) is 0 Å². The number of hydrogen-bond acceptors (Lipinski definition) is 2. The van der Waals surface area contributed by atoms with Gasteiger partial charge in [-0.1, -0.05) is 23.2 Å². The fraction of sp³-hybridized carbons (Fsp3) is 0.250. The van der Waals surface area contributed by atoms with E-state index in [9.17, 15) is 0 Å². The molecule has 0 saturated carbocycles. The van der Waals surface area contributed by atoms with E-state index in [1.165, 1.54) is 0 Å². The molecule has 0 aliphatic carbocycles. The van der Waals surface area contributed by atoms with Crippen molar-refractivity contribution in [2.75, 3.05) is 6.54 Å². The van der Waals surface area contributed by atoms with Gasteiger partial charge >= 0.3 is 0 Å². The van der Waals surface area contributed by atoms with E-state index in [0.717, 1.165) is 5.56 Å². The van der Waals surface area contributed by atoms with E-state index in [-0.39, 0.29) is 6.04 Å². The maximum Gasteiger partial charge on any atom is 0.0424 e. The Kier molecular flexibility index (Phi) is 3.35. The summed E-state index contributed by atoms with van der Waals surface area (Å²) in [6, 6.07) is 5.01. The highest BCUT2D eigenvalue weighted by molar-refractivity contribution is 6.34. The second kappa shape index (κ2) is 4.10. The standard InChI is InChI=1S/C8H10Cl2N2/c9-6-1-5(8(12)4-11)2-7(10)3-6/h1-3,8H,4,11-12H2. The summed E-state index contributed by atoms with van der Waals surface area (Å²) in [7, 11) is 0. The highest BCUT2D eigenvalue weighted by atomic mass is 35.5. The number of nitrogens with two attached hydrogens (primary N) is 2. The molecule has 0 aromatic heterocycles. The van der Waals surface area contributed by atoms with E-state index in [2.05, 4.69) is 0 Å². The first-order chi connectivity index (χ1) is 5.63. The summed E-state index contributed by atoms with van der Waals surface area (Å²) < 4.78 is 0. The van der Waals surface area contributed by atoms with Gasteiger partial charge < -0.3 is 11.5 Å². The monoisotopic (exact) mass is 204 g/mol. The van der Waals surface area contributed by atoms with Gasteiger partial charge in [-0.3, -0.25) is 0 Å². The average Bonchev–Trinajstić information content (AvgIpc) is 2.01. The molecule has 1 atom stereocenters. The van der Waals surface area contributed by atoms with Crippen molar-refractivity contribution in [3.8, 4) is 0 Å². The smallest absolute Gasteiger partial charge is 0.0424 e. The summed E-state index contributed by atoms with van der Waals surface area (Å²) in [6.45, 7) is 0.386. The summed E-state index contributed by atoms with van der Waals surface area (Å²) >= 11 is 11.5. The highest BCUT2D eigenvalue weighted by Crippen LogP contribution is 2.21. The molecule has 1 rings (SSSR count). The largest absolute Gasteiger partial charge is 0.329 e. The Labute approximate surface area is 81.4 Å². The molecule has 0 saturated heterocycles. The maximum atomic E-state index is 5.77. The second-order valence-electron chi connectivity index (χ2n) is 2.54. The van der Waals surface area contributed by atoms with E-state index in [4.69, 9.17) is 34.7 Å². The summed E-state index contributed by atoms with van der Waals surface area (Å²) in [5.74, 6) is 0. The Balaban J connectivity index is 3.00. The Bertz CT molecular complexity index is 256. The summed E-state index contributed by atoms with van der Waals surface area (Å²) in [4.78, 5) is 0. The Hall–Kier alpha value is -0.280. The lowest BCUT2D eigenvalue weighted by atomic mass is 10.1. The second-order valence-corrected chi connectivity index (χ2v) is 3.42. The Morgan fingerprint density at radius 3 is 2.08 bits per heavy atom. The van der Waals surface area contributed by atoms with Gasteiger partial charge in [-0.2, -0.15) is 0 Å². The Morgan fingerprint density at radius 1 is 1.17 bits per heavy atom. The third kappa shape index (κ3) is 2.35. The van der Waals surface area contributed by atoms with Crippen LogP contribution in [0.5, 0.6) is 0 Å². The van der Waals surface area contributed by atoms with Gasteiger partial charge in [0.05, 0.1) is 0 Å². The summed E-state index contributed by atoms with van der Waals surface area (Å²) in [5.41, 5.74) is 12.0. The average molecular weight is 205 g/mol. The van der Waals surface area contributed by atoms with Crippen LogP contribution in [0.4, 0.5) is 0 Å². The normalized spacial score (nSPS) is 13.0. The van der Waals surface area contributed by atoms with Crippen LogP contribution in [-0.4, -0.2) is 6.54 Å². The fourth-order valence-corrected chi connectivity index (χ4v) is 1.47. The molecule has 0 fully saturated rings. The minimum atomic E-state index is -0.193. The summed E-state index contributed by atoms with van der Waals surface area (Å²) in [6.07, 6.45) is 0. The molecule has 2 nitrogen and oxygen atoms in total. The van der Waals surface area contributed by atoms with Crippen molar-refractivity contribution in [3.63, 3.8) is 0 Å². The molecule has 0 radical (unpaired) electrons. The van der Waals surface area contributed by atoms with Crippen LogP contribution in [0.3, 0.4) is 0 Å². The molecule has 4 heteroatoms. The zero-order valence-corrected chi connectivity index (χ0v) is 7.94. The molecule has 0 aliphatic heterocycles. The topological polar surface area (TPSA) is 52.0 Å². The molecule has 0 spiro atoms. The van der Waals surface area contributed by atoms with Crippen LogP contribution in [0.1, 0.15) is 11.6 Å². The van der Waals surface area contributed by atoms with Crippen LogP contribution in [-0.2, 0) is 0 Å². The molecule has 1 aromatic carbocycles. The first-order valence-corrected chi connectivity index (χ1v) is 4.30. The molecule has 0 heterocycles. The predicted molar refractivity (Wildman–Crippen MR) is 52.4 cm³/mol. The van der Waals surface area contributed by atoms with Gasteiger partial charge in [-0.25, -0.2) is 0 Å². The third-order valence-electron chi connectivity index (χ3n) is 1.57. The van der Waals surface area contributed by atoms with Gasteiger partial charge in [0.15, 0.2) is 0 Å². The quantitative estimate of drug-likeness (QED) is 0.775. The molecule has 0 aliphatic rings. The van der Waals surface area contributed by atoms with E-state index < -0.39 is 0 Å². The van der Waals surface area contributed by atoms with Crippen LogP contribution in [0, 0.1) is 0 Å². The van der Waals surface area contributed by atoms with Crippen molar-refractivity contribution < 1.29 is 0 Å². The van der Waals surface area contributed by atoms with E-state index in [0.29, 0.717) is 16.6 Å². The fourth-order valence-electron chi connectivity index (χ4n) is 0.925. The zero-order chi connectivity index (χ0) is 9.14. The predicted octanol–water partition coefficient (Wildman–Crippen LogP) is 1.95. The molecular formula is C8H10Cl2N2. The molecule has 0 amide bonds. The van der Waals surface area contributed by atoms with E-state index in [1.807, 2.05) is 0 Å². The van der Waals surface area contributed by atoms with Crippen molar-refractivity contribution >= 4 is 23.2 Å². The highest BCUT2D eigenvalue weighted by Gasteiger charge is 2.05. The van der Waals surface area contributed by atoms with Crippen molar-refractivity contribution in [2.45, 2.75) is 6.04 Å². The SMILES string of the molecule is NCC(N)c1cc(Cl)cc(Cl)c1. The van der Waals surface area contributed by atoms with E-state index >= 15 is 0 Å². The van der Waals surface area contributed by atoms with Crippen molar-refractivity contribution in [2.24, 2.45) is 11.5 Å². The van der Waals surface area contributed by atoms with Crippen LogP contribution >= 0.6 is 23.2 Å². The molecule has 1 aromatic rings. The molecule has 1 unspecified atom stereocenters. The minimum Gasteiger partial charge on any atom is -0.329 e. The first kappa shape index (κ1) is 9.81. The van der Waals surface area contributed by atoms with E-state index in [1.54, 1.807) is 18.2 Å². The van der Waals surface area contributed by atoms with Crippen LogP contribution < -0.4 is 11.5 Å². The molecule has 0 bridgehead atoms. The van der Waals surface area contributed by atoms with Crippen molar-refractivity contribution in [3.05, 3.63) is 33.8 Å². The number of hydrogen-bond donors (Lipinski definition) is 2. The van der Waals surface area contributed by atoms with Crippen molar-refractivity contribution in [1.82, 2.24) is 0 Å². The van der Waals surface area contributed by atoms with Crippen LogP contribution in [0.25, 0.3) is 0 Å². The Morgan fingerprint density at radius 2 is 1.67 bits per heavy atom. The van der Waals surface area contributed by atoms with Crippen LogP contribution in [0.15, 0.2) is 18.2 Å². The minimum absolute atomic E-state index is 0.193. The molecule has 12 heavy (non-hydrogen) atoms. The van der Waals surface area contributed by atoms with Gasteiger partial charge in [-0.15, -0.1) is 0 Å². The zero-order valence-electron chi connectivity index (χ0n) is 6.43. The lowest BCUT2D eigenvalue weighted by Crippen LogP contribution is -2.20. The van der Waals surface area contributed by atoms with Gasteiger partial charge in [0.25, 0.3) is 0 Å². The van der Waals surface area contributed by atoms with Gasteiger partial charge in [0, 0.05) is 22.6 Å². The number of halogens is 2. The number of benzene rings is 1. The molecular weight excluding hydrogens is 195 g/mol. The third-order valence-corrected chi connectivity index (χ3v) is 2.00.